The molecule has 3 N–H and O–H groups in total. The van der Waals surface area contributed by atoms with E-state index in [-0.39, 0.29) is 27.3 Å². The Morgan fingerprint density at radius 1 is 1.36 bits per heavy atom. The van der Waals surface area contributed by atoms with Crippen molar-refractivity contribution in [2.75, 3.05) is 31.3 Å². The molecule has 0 spiro atoms. The summed E-state index contributed by atoms with van der Waals surface area (Å²) in [5.74, 6) is 0.180. The van der Waals surface area contributed by atoms with Gasteiger partial charge in [-0.1, -0.05) is 20.8 Å². The highest BCUT2D eigenvalue weighted by molar-refractivity contribution is 7.97. The van der Waals surface area contributed by atoms with Crippen LogP contribution in [0.25, 0.3) is 0 Å². The Hall–Kier alpha value is -2.02. The second kappa shape index (κ2) is 10.1. The fourth-order valence-electron chi connectivity index (χ4n) is 3.67. The molecule has 0 aliphatic carbocycles. The van der Waals surface area contributed by atoms with E-state index in [0.717, 1.165) is 29.7 Å². The number of aromatic hydroxyl groups is 1. The second-order valence-corrected chi connectivity index (χ2v) is 12.4. The number of amidine groups is 2. The highest BCUT2D eigenvalue weighted by Gasteiger charge is 2.34. The first-order chi connectivity index (χ1) is 15.5. The van der Waals surface area contributed by atoms with E-state index in [1.807, 2.05) is 6.07 Å². The van der Waals surface area contributed by atoms with Crippen LogP contribution in [0.15, 0.2) is 42.0 Å². The topological polar surface area (TPSA) is 125 Å². The number of sulfonamides is 1. The average molecular weight is 514 g/mol. The first-order valence-corrected chi connectivity index (χ1v) is 14.0. The number of hydrogen-bond acceptors (Lipinski definition) is 8. The molecule has 0 radical (unpaired) electrons. The van der Waals surface area contributed by atoms with E-state index in [0.29, 0.717) is 24.6 Å². The minimum Gasteiger partial charge on any atom is -0.504 e. The van der Waals surface area contributed by atoms with Crippen LogP contribution < -0.4 is 10.6 Å². The molecular weight excluding hydrogens is 482 g/mol. The summed E-state index contributed by atoms with van der Waals surface area (Å²) in [6.45, 7) is 7.09. The number of nitrogens with zero attached hydrogens (tertiary/aromatic N) is 4. The molecule has 0 unspecified atom stereocenters. The fraction of sp³-hybridized carbons (Fsp3) is 0.524. The number of hydrogen-bond donors (Lipinski definition) is 2. The minimum atomic E-state index is -3.75. The molecule has 1 aliphatic heterocycles. The second-order valence-electron chi connectivity index (χ2n) is 8.86. The third-order valence-corrected chi connectivity index (χ3v) is 9.12. The van der Waals surface area contributed by atoms with Gasteiger partial charge in [-0.25, -0.2) is 8.42 Å². The van der Waals surface area contributed by atoms with E-state index < -0.39 is 10.0 Å². The van der Waals surface area contributed by atoms with Crippen molar-refractivity contribution >= 4 is 50.7 Å². The van der Waals surface area contributed by atoms with Crippen LogP contribution in [0.5, 0.6) is 5.75 Å². The molecule has 1 saturated heterocycles. The molecule has 1 atom stereocenters. The summed E-state index contributed by atoms with van der Waals surface area (Å²) in [6.07, 6.45) is 6.66. The van der Waals surface area contributed by atoms with Crippen LogP contribution in [-0.2, 0) is 10.0 Å². The van der Waals surface area contributed by atoms with Gasteiger partial charge in [0.2, 0.25) is 0 Å². The van der Waals surface area contributed by atoms with Crippen molar-refractivity contribution in [1.29, 1.82) is 0 Å². The van der Waals surface area contributed by atoms with Crippen molar-refractivity contribution in [3.63, 3.8) is 0 Å². The van der Waals surface area contributed by atoms with Crippen LogP contribution in [-0.4, -0.2) is 55.9 Å². The quantitative estimate of drug-likeness (QED) is 0.339. The molecule has 3 rings (SSSR count). The summed E-state index contributed by atoms with van der Waals surface area (Å²) >= 11 is 2.18. The van der Waals surface area contributed by atoms with E-state index in [9.17, 15) is 13.5 Å². The van der Waals surface area contributed by atoms with Crippen molar-refractivity contribution in [1.82, 2.24) is 4.31 Å². The molecule has 9 nitrogen and oxygen atoms in total. The molecule has 3 heterocycles. The van der Waals surface area contributed by atoms with Gasteiger partial charge in [0.25, 0.3) is 10.0 Å². The van der Waals surface area contributed by atoms with Crippen LogP contribution in [0.3, 0.4) is 0 Å². The van der Waals surface area contributed by atoms with Crippen molar-refractivity contribution in [2.24, 2.45) is 20.5 Å². The Kier molecular flexibility index (Phi) is 7.82. The minimum absolute atomic E-state index is 0.0729. The van der Waals surface area contributed by atoms with Gasteiger partial charge in [0, 0.05) is 37.3 Å². The smallest absolute Gasteiger partial charge is 0.256 e. The van der Waals surface area contributed by atoms with Gasteiger partial charge in [0.1, 0.15) is 0 Å². The number of furan rings is 1. The van der Waals surface area contributed by atoms with Crippen LogP contribution in [0.2, 0.25) is 0 Å². The van der Waals surface area contributed by atoms with Gasteiger partial charge in [-0.3, -0.25) is 4.99 Å². The molecule has 12 heteroatoms. The summed E-state index contributed by atoms with van der Waals surface area (Å²) < 4.78 is 36.9. The first kappa shape index (κ1) is 25.6. The van der Waals surface area contributed by atoms with Crippen molar-refractivity contribution in [3.05, 3.63) is 29.5 Å². The Morgan fingerprint density at radius 2 is 2.03 bits per heavy atom. The Labute approximate surface area is 203 Å². The summed E-state index contributed by atoms with van der Waals surface area (Å²) in [5.41, 5.74) is 7.35. The van der Waals surface area contributed by atoms with Crippen LogP contribution in [0, 0.1) is 5.41 Å². The van der Waals surface area contributed by atoms with Crippen LogP contribution in [0.1, 0.15) is 45.2 Å². The Balaban J connectivity index is 1.97. The van der Waals surface area contributed by atoms with Gasteiger partial charge < -0.3 is 20.2 Å². The van der Waals surface area contributed by atoms with Crippen molar-refractivity contribution in [3.8, 4) is 5.75 Å². The lowest BCUT2D eigenvalue weighted by Gasteiger charge is -2.28. The highest BCUT2D eigenvalue weighted by Crippen LogP contribution is 2.42. The van der Waals surface area contributed by atoms with E-state index in [1.165, 1.54) is 16.3 Å². The van der Waals surface area contributed by atoms with Gasteiger partial charge >= 0.3 is 0 Å². The SMILES string of the molecule is CSN=C(C(N)=N[C@@H](c1ccoc1)C(C)(C)C)N(C)c1csc(S(=O)(=O)N2CCCC2)c1O. The maximum atomic E-state index is 13.0. The third-order valence-electron chi connectivity index (χ3n) is 5.39. The summed E-state index contributed by atoms with van der Waals surface area (Å²) in [6, 6.07) is 1.56. The molecule has 2 aromatic rings. The third kappa shape index (κ3) is 5.39. The number of anilines is 1. The first-order valence-electron chi connectivity index (χ1n) is 10.5. The predicted octanol–water partition coefficient (Wildman–Crippen LogP) is 4.09. The molecule has 1 fully saturated rings. The zero-order valence-corrected chi connectivity index (χ0v) is 21.9. The van der Waals surface area contributed by atoms with Gasteiger partial charge in [-0.05, 0) is 36.3 Å². The molecule has 1 aliphatic rings. The average Bonchev–Trinajstić information content (AvgIpc) is 3.50. The number of thiophene rings is 1. The fourth-order valence-corrected chi connectivity index (χ4v) is 7.03. The van der Waals surface area contributed by atoms with Gasteiger partial charge in [-0.15, -0.1) is 11.3 Å². The molecule has 0 aromatic carbocycles. The number of likely N-dealkylation sites (N-methyl/N-ethyl adjacent to an activating group) is 1. The van der Waals surface area contributed by atoms with Crippen LogP contribution in [0.4, 0.5) is 5.69 Å². The summed E-state index contributed by atoms with van der Waals surface area (Å²) in [5, 5.41) is 12.5. The predicted molar refractivity (Wildman–Crippen MR) is 136 cm³/mol. The molecule has 2 aromatic heterocycles. The molecule has 33 heavy (non-hydrogen) atoms. The van der Waals surface area contributed by atoms with E-state index in [4.69, 9.17) is 15.1 Å². The maximum Gasteiger partial charge on any atom is 0.256 e. The zero-order valence-electron chi connectivity index (χ0n) is 19.5. The molecule has 0 bridgehead atoms. The van der Waals surface area contributed by atoms with E-state index in [2.05, 4.69) is 25.2 Å². The van der Waals surface area contributed by atoms with Crippen molar-refractivity contribution in [2.45, 2.75) is 43.9 Å². The lowest BCUT2D eigenvalue weighted by atomic mass is 9.84. The van der Waals surface area contributed by atoms with E-state index in [1.54, 1.807) is 36.1 Å². The zero-order chi connectivity index (χ0) is 24.4. The Bertz CT molecular complexity index is 1110. The number of rotatable bonds is 6. The van der Waals surface area contributed by atoms with Crippen LogP contribution >= 0.6 is 23.3 Å². The normalized spacial score (nSPS) is 17.5. The number of nitrogens with two attached hydrogens (primary N) is 1. The van der Waals surface area contributed by atoms with Crippen molar-refractivity contribution < 1.29 is 17.9 Å². The molecular formula is C21H31N5O4S3. The summed E-state index contributed by atoms with van der Waals surface area (Å²) in [7, 11) is -2.07. The standard InChI is InChI=1S/C21H31N5O4S3/c1-21(2,3)17(14-8-11-30-12-14)23-18(22)19(24-31-5)25(4)15-13-32-20(16(15)27)33(28,29)26-9-6-7-10-26/h8,11-13,17,27H,6-7,9-10H2,1-5H3,(H2,22,23)/t17-/m0/s1. The van der Waals surface area contributed by atoms with E-state index >= 15 is 0 Å². The number of aliphatic imine (C=N–C) groups is 1. The highest BCUT2D eigenvalue weighted by atomic mass is 32.2. The maximum absolute atomic E-state index is 13.0. The molecule has 0 saturated carbocycles. The molecule has 0 amide bonds. The van der Waals surface area contributed by atoms with Gasteiger partial charge in [0.15, 0.2) is 21.6 Å². The lowest BCUT2D eigenvalue weighted by molar-refractivity contribution is 0.327. The lowest BCUT2D eigenvalue weighted by Crippen LogP contribution is -2.39. The van der Waals surface area contributed by atoms with Gasteiger partial charge in [-0.2, -0.15) is 8.70 Å². The molecule has 182 valence electrons. The Morgan fingerprint density at radius 3 is 2.58 bits per heavy atom. The summed E-state index contributed by atoms with van der Waals surface area (Å²) in [4.78, 5) is 6.32. The van der Waals surface area contributed by atoms with Gasteiger partial charge in [0.05, 0.1) is 24.3 Å². The largest absolute Gasteiger partial charge is 0.504 e. The monoisotopic (exact) mass is 513 g/mol.